The van der Waals surface area contributed by atoms with Crippen LogP contribution in [0.2, 0.25) is 0 Å². The van der Waals surface area contributed by atoms with Gasteiger partial charge in [-0.3, -0.25) is 4.21 Å². The molecule has 4 aromatic rings. The lowest BCUT2D eigenvalue weighted by Gasteiger charge is -2.04. The van der Waals surface area contributed by atoms with Gasteiger partial charge in [0.15, 0.2) is 9.99 Å². The molecule has 7 nitrogen and oxygen atoms in total. The molecule has 1 atom stereocenters. The summed E-state index contributed by atoms with van der Waals surface area (Å²) in [5.41, 5.74) is 3.61. The standard InChI is InChI=1S/C17H14N4O3S2/c1-24-16(22)11-6-13-15(18-7-11)21(9-19-13)8-10-3-4-12-14(5-10)25-17(20-12)26(2)23/h3-7,9H,8H2,1-2H3. The molecule has 9 heteroatoms. The number of thiazole rings is 1. The minimum atomic E-state index is -1.08. The molecular weight excluding hydrogens is 372 g/mol. The lowest BCUT2D eigenvalue weighted by molar-refractivity contribution is 0.0600. The van der Waals surface area contributed by atoms with E-state index in [0.29, 0.717) is 27.6 Å². The fraction of sp³-hybridized carbons (Fsp3) is 0.176. The average Bonchev–Trinajstić information content (AvgIpc) is 3.24. The number of nitrogens with zero attached hydrogens (tertiary/aromatic N) is 4. The van der Waals surface area contributed by atoms with E-state index < -0.39 is 16.8 Å². The second kappa shape index (κ2) is 6.58. The second-order valence-corrected chi connectivity index (χ2v) is 8.25. The first kappa shape index (κ1) is 16.8. The van der Waals surface area contributed by atoms with Crippen molar-refractivity contribution in [3.63, 3.8) is 0 Å². The molecule has 0 aliphatic rings. The maximum absolute atomic E-state index is 11.6. The molecule has 0 aliphatic heterocycles. The number of hydrogen-bond acceptors (Lipinski definition) is 7. The van der Waals surface area contributed by atoms with Crippen molar-refractivity contribution in [3.8, 4) is 0 Å². The summed E-state index contributed by atoms with van der Waals surface area (Å²) in [6, 6.07) is 7.62. The van der Waals surface area contributed by atoms with Gasteiger partial charge in [-0.05, 0) is 23.8 Å². The topological polar surface area (TPSA) is 87.0 Å². The molecule has 0 aliphatic carbocycles. The van der Waals surface area contributed by atoms with E-state index in [2.05, 4.69) is 15.0 Å². The molecule has 4 rings (SSSR count). The van der Waals surface area contributed by atoms with Crippen molar-refractivity contribution < 1.29 is 13.7 Å². The maximum Gasteiger partial charge on any atom is 0.339 e. The van der Waals surface area contributed by atoms with Crippen molar-refractivity contribution in [1.82, 2.24) is 19.5 Å². The third-order valence-corrected chi connectivity index (χ3v) is 6.26. The lowest BCUT2D eigenvalue weighted by Crippen LogP contribution is -2.03. The number of aromatic nitrogens is 4. The third-order valence-electron chi connectivity index (χ3n) is 3.91. The van der Waals surface area contributed by atoms with Crippen LogP contribution in [0.25, 0.3) is 21.4 Å². The number of pyridine rings is 1. The van der Waals surface area contributed by atoms with Crippen molar-refractivity contribution in [2.24, 2.45) is 0 Å². The Hall–Kier alpha value is -2.65. The van der Waals surface area contributed by atoms with Gasteiger partial charge >= 0.3 is 5.97 Å². The number of esters is 1. The zero-order valence-corrected chi connectivity index (χ0v) is 15.6. The molecule has 132 valence electrons. The van der Waals surface area contributed by atoms with E-state index in [0.717, 1.165) is 15.8 Å². The van der Waals surface area contributed by atoms with Gasteiger partial charge in [-0.2, -0.15) is 0 Å². The molecule has 0 fully saturated rings. The first-order valence-electron chi connectivity index (χ1n) is 7.67. The van der Waals surface area contributed by atoms with Crippen LogP contribution in [0.15, 0.2) is 41.1 Å². The first-order chi connectivity index (χ1) is 12.5. The fourth-order valence-corrected chi connectivity index (χ4v) is 4.39. The van der Waals surface area contributed by atoms with E-state index in [-0.39, 0.29) is 0 Å². The van der Waals surface area contributed by atoms with Crippen molar-refractivity contribution in [1.29, 1.82) is 0 Å². The minimum Gasteiger partial charge on any atom is -0.465 e. The summed E-state index contributed by atoms with van der Waals surface area (Å²) < 4.78 is 19.9. The minimum absolute atomic E-state index is 0.372. The van der Waals surface area contributed by atoms with Crippen LogP contribution >= 0.6 is 11.3 Å². The van der Waals surface area contributed by atoms with Gasteiger partial charge in [0.05, 0.1) is 46.6 Å². The normalized spacial score (nSPS) is 12.5. The molecule has 0 amide bonds. The van der Waals surface area contributed by atoms with Crippen molar-refractivity contribution in [2.45, 2.75) is 10.9 Å². The number of benzene rings is 1. The average molecular weight is 386 g/mol. The number of methoxy groups -OCH3 is 1. The molecule has 1 unspecified atom stereocenters. The van der Waals surface area contributed by atoms with E-state index in [9.17, 15) is 9.00 Å². The summed E-state index contributed by atoms with van der Waals surface area (Å²) in [7, 11) is 0.253. The molecule has 0 saturated heterocycles. The highest BCUT2D eigenvalue weighted by Crippen LogP contribution is 2.25. The highest BCUT2D eigenvalue weighted by Gasteiger charge is 2.12. The summed E-state index contributed by atoms with van der Waals surface area (Å²) >= 11 is 1.44. The van der Waals surface area contributed by atoms with Gasteiger partial charge in [-0.1, -0.05) is 6.07 Å². The molecular formula is C17H14N4O3S2. The Bertz CT molecular complexity index is 1170. The molecule has 1 aromatic carbocycles. The highest BCUT2D eigenvalue weighted by atomic mass is 32.2. The Balaban J connectivity index is 1.67. The summed E-state index contributed by atoms with van der Waals surface area (Å²) in [4.78, 5) is 24.7. The molecule has 0 N–H and O–H groups in total. The molecule has 3 heterocycles. The number of carbonyl (C=O) groups excluding carboxylic acids is 1. The van der Waals surface area contributed by atoms with Gasteiger partial charge in [0.25, 0.3) is 0 Å². The second-order valence-electron chi connectivity index (χ2n) is 5.67. The van der Waals surface area contributed by atoms with Crippen LogP contribution in [0.4, 0.5) is 0 Å². The van der Waals surface area contributed by atoms with Crippen LogP contribution < -0.4 is 0 Å². The number of carbonyl (C=O) groups is 1. The van der Waals surface area contributed by atoms with Gasteiger partial charge in [0.1, 0.15) is 5.52 Å². The zero-order chi connectivity index (χ0) is 18.3. The largest absolute Gasteiger partial charge is 0.465 e. The smallest absolute Gasteiger partial charge is 0.339 e. The van der Waals surface area contributed by atoms with Gasteiger partial charge in [-0.25, -0.2) is 19.7 Å². The summed E-state index contributed by atoms with van der Waals surface area (Å²) in [5.74, 6) is -0.436. The van der Waals surface area contributed by atoms with Crippen molar-refractivity contribution in [2.75, 3.05) is 13.4 Å². The van der Waals surface area contributed by atoms with E-state index in [1.807, 2.05) is 22.8 Å². The van der Waals surface area contributed by atoms with Crippen LogP contribution in [0.5, 0.6) is 0 Å². The molecule has 0 bridgehead atoms. The summed E-state index contributed by atoms with van der Waals surface area (Å²) in [6.07, 6.45) is 4.81. The van der Waals surface area contributed by atoms with Crippen LogP contribution in [0.3, 0.4) is 0 Å². The predicted octanol–water partition coefficient (Wildman–Crippen LogP) is 2.61. The third kappa shape index (κ3) is 2.99. The molecule has 26 heavy (non-hydrogen) atoms. The number of imidazole rings is 1. The van der Waals surface area contributed by atoms with Crippen LogP contribution in [-0.4, -0.2) is 43.1 Å². The highest BCUT2D eigenvalue weighted by molar-refractivity contribution is 7.86. The van der Waals surface area contributed by atoms with Crippen molar-refractivity contribution >= 4 is 49.5 Å². The van der Waals surface area contributed by atoms with E-state index >= 15 is 0 Å². The fourth-order valence-electron chi connectivity index (χ4n) is 2.66. The van der Waals surface area contributed by atoms with Gasteiger partial charge in [-0.15, -0.1) is 11.3 Å². The van der Waals surface area contributed by atoms with Crippen LogP contribution in [-0.2, 0) is 22.1 Å². The number of fused-ring (bicyclic) bond motifs is 2. The molecule has 0 spiro atoms. The Morgan fingerprint density at radius 1 is 1.27 bits per heavy atom. The first-order valence-corrected chi connectivity index (χ1v) is 10.0. The Labute approximate surface area is 155 Å². The quantitative estimate of drug-likeness (QED) is 0.501. The monoisotopic (exact) mass is 386 g/mol. The Morgan fingerprint density at radius 3 is 2.88 bits per heavy atom. The Kier molecular flexibility index (Phi) is 4.25. The van der Waals surface area contributed by atoms with Gasteiger partial charge in [0.2, 0.25) is 0 Å². The lowest BCUT2D eigenvalue weighted by atomic mass is 10.2. The van der Waals surface area contributed by atoms with Gasteiger partial charge in [0, 0.05) is 12.5 Å². The SMILES string of the molecule is COC(=O)c1cnc2c(c1)ncn2Cc1ccc2nc(S(C)=O)sc2c1. The van der Waals surface area contributed by atoms with E-state index in [4.69, 9.17) is 4.74 Å². The van der Waals surface area contributed by atoms with E-state index in [1.54, 1.807) is 18.6 Å². The number of rotatable bonds is 4. The molecule has 3 aromatic heterocycles. The predicted molar refractivity (Wildman–Crippen MR) is 99.9 cm³/mol. The molecule has 0 saturated carbocycles. The Morgan fingerprint density at radius 2 is 2.12 bits per heavy atom. The number of ether oxygens (including phenoxy) is 1. The maximum atomic E-state index is 11.6. The van der Waals surface area contributed by atoms with Crippen LogP contribution in [0.1, 0.15) is 15.9 Å². The summed E-state index contributed by atoms with van der Waals surface area (Å²) in [5, 5.41) is 0. The van der Waals surface area contributed by atoms with Crippen molar-refractivity contribution in [3.05, 3.63) is 47.9 Å². The summed E-state index contributed by atoms with van der Waals surface area (Å²) in [6.45, 7) is 0.583. The van der Waals surface area contributed by atoms with E-state index in [1.165, 1.54) is 24.6 Å². The van der Waals surface area contributed by atoms with Crippen LogP contribution in [0, 0.1) is 0 Å². The zero-order valence-electron chi connectivity index (χ0n) is 14.0. The van der Waals surface area contributed by atoms with Gasteiger partial charge < -0.3 is 9.30 Å². The number of hydrogen-bond donors (Lipinski definition) is 0. The molecule has 0 radical (unpaired) electrons.